The van der Waals surface area contributed by atoms with E-state index in [1.54, 1.807) is 6.08 Å². The lowest BCUT2D eigenvalue weighted by Gasteiger charge is -2.34. The van der Waals surface area contributed by atoms with E-state index in [0.29, 0.717) is 6.79 Å². The summed E-state index contributed by atoms with van der Waals surface area (Å²) in [6.45, 7) is 8.27. The number of piperazine rings is 1. The van der Waals surface area contributed by atoms with Gasteiger partial charge in [0.05, 0.1) is 11.4 Å². The average molecular weight is 445 g/mol. The van der Waals surface area contributed by atoms with Gasteiger partial charge in [-0.05, 0) is 49.8 Å². The fourth-order valence-corrected chi connectivity index (χ4v) is 4.40. The minimum absolute atomic E-state index is 0.0454. The maximum absolute atomic E-state index is 12.8. The van der Waals surface area contributed by atoms with Crippen LogP contribution < -0.4 is 9.47 Å². The molecule has 1 amide bonds. The van der Waals surface area contributed by atoms with Crippen molar-refractivity contribution in [2.75, 3.05) is 33.0 Å². The molecule has 0 radical (unpaired) electrons. The van der Waals surface area contributed by atoms with Crippen LogP contribution in [0, 0.1) is 13.8 Å². The molecule has 0 unspecified atom stereocenters. The highest BCUT2D eigenvalue weighted by Gasteiger charge is 2.21. The number of rotatable bonds is 5. The first kappa shape index (κ1) is 21.3. The third-order valence-corrected chi connectivity index (χ3v) is 6.27. The van der Waals surface area contributed by atoms with Crippen molar-refractivity contribution in [3.63, 3.8) is 0 Å². The van der Waals surface area contributed by atoms with Gasteiger partial charge in [0.25, 0.3) is 0 Å². The number of aryl methyl sites for hydroxylation is 1. The Kier molecular flexibility index (Phi) is 5.88. The van der Waals surface area contributed by atoms with Gasteiger partial charge in [0.1, 0.15) is 0 Å². The highest BCUT2D eigenvalue weighted by atomic mass is 16.7. The lowest BCUT2D eigenvalue weighted by Crippen LogP contribution is -2.47. The van der Waals surface area contributed by atoms with Crippen molar-refractivity contribution in [3.05, 3.63) is 77.1 Å². The van der Waals surface area contributed by atoms with Crippen molar-refractivity contribution in [1.29, 1.82) is 0 Å². The minimum atomic E-state index is 0.0454. The second-order valence-corrected chi connectivity index (χ2v) is 8.45. The van der Waals surface area contributed by atoms with E-state index in [2.05, 4.69) is 16.1 Å². The fraction of sp³-hybridized carbons (Fsp3) is 0.308. The largest absolute Gasteiger partial charge is 0.454 e. The Hall–Kier alpha value is -3.58. The standard InChI is InChI=1S/C26H28N4O3/c1-19-23(20(2)30(27-19)22-6-4-3-5-7-22)9-11-26(31)29-14-12-28(13-15-29)17-21-8-10-24-25(16-21)33-18-32-24/h3-11,16H,12-15,17-18H2,1-2H3. The number of nitrogens with zero attached hydrogens (tertiary/aromatic N) is 4. The summed E-state index contributed by atoms with van der Waals surface area (Å²) >= 11 is 0. The normalized spacial score (nSPS) is 16.0. The van der Waals surface area contributed by atoms with Crippen LogP contribution in [0.5, 0.6) is 11.5 Å². The van der Waals surface area contributed by atoms with Gasteiger partial charge in [0.15, 0.2) is 11.5 Å². The number of hydrogen-bond acceptors (Lipinski definition) is 5. The van der Waals surface area contributed by atoms with E-state index >= 15 is 0 Å². The third-order valence-electron chi connectivity index (χ3n) is 6.27. The number of aromatic nitrogens is 2. The summed E-state index contributed by atoms with van der Waals surface area (Å²) in [4.78, 5) is 17.1. The number of hydrogen-bond donors (Lipinski definition) is 0. The average Bonchev–Trinajstić information content (AvgIpc) is 3.42. The number of para-hydroxylation sites is 1. The van der Waals surface area contributed by atoms with Crippen LogP contribution in [0.1, 0.15) is 22.5 Å². The summed E-state index contributed by atoms with van der Waals surface area (Å²) in [5, 5.41) is 4.66. The SMILES string of the molecule is Cc1nn(-c2ccccc2)c(C)c1C=CC(=O)N1CCN(Cc2ccc3c(c2)OCO3)CC1. The molecule has 0 spiro atoms. The molecule has 2 aromatic carbocycles. The topological polar surface area (TPSA) is 59.8 Å². The Morgan fingerprint density at radius 1 is 1.00 bits per heavy atom. The molecule has 0 saturated carbocycles. The van der Waals surface area contributed by atoms with Crippen LogP contribution in [-0.2, 0) is 11.3 Å². The maximum atomic E-state index is 12.8. The molecule has 1 fully saturated rings. The van der Waals surface area contributed by atoms with E-state index < -0.39 is 0 Å². The molecule has 0 N–H and O–H groups in total. The first-order chi connectivity index (χ1) is 16.1. The van der Waals surface area contributed by atoms with Crippen molar-refractivity contribution in [2.45, 2.75) is 20.4 Å². The van der Waals surface area contributed by atoms with Gasteiger partial charge in [0, 0.05) is 50.1 Å². The Bertz CT molecular complexity index is 1180. The molecule has 1 saturated heterocycles. The predicted octanol–water partition coefficient (Wildman–Crippen LogP) is 3.58. The Balaban J connectivity index is 1.18. The zero-order valence-corrected chi connectivity index (χ0v) is 19.0. The van der Waals surface area contributed by atoms with Crippen LogP contribution in [0.15, 0.2) is 54.6 Å². The lowest BCUT2D eigenvalue weighted by atomic mass is 10.1. The zero-order chi connectivity index (χ0) is 22.8. The number of benzene rings is 2. The molecule has 0 atom stereocenters. The molecule has 3 aromatic rings. The molecule has 0 bridgehead atoms. The Morgan fingerprint density at radius 3 is 2.55 bits per heavy atom. The highest BCUT2D eigenvalue weighted by molar-refractivity contribution is 5.92. The van der Waals surface area contributed by atoms with Gasteiger partial charge in [-0.2, -0.15) is 5.10 Å². The molecule has 1 aromatic heterocycles. The summed E-state index contributed by atoms with van der Waals surface area (Å²) in [5.74, 6) is 1.66. The van der Waals surface area contributed by atoms with Crippen LogP contribution in [0.4, 0.5) is 0 Å². The van der Waals surface area contributed by atoms with E-state index in [0.717, 1.165) is 66.9 Å². The molecule has 2 aliphatic heterocycles. The molecule has 33 heavy (non-hydrogen) atoms. The fourth-order valence-electron chi connectivity index (χ4n) is 4.40. The molecule has 2 aliphatic rings. The lowest BCUT2D eigenvalue weighted by molar-refractivity contribution is -0.127. The Labute approximate surface area is 193 Å². The number of ether oxygens (including phenoxy) is 2. The van der Waals surface area contributed by atoms with Gasteiger partial charge in [-0.25, -0.2) is 4.68 Å². The molecule has 7 heteroatoms. The van der Waals surface area contributed by atoms with Gasteiger partial charge < -0.3 is 14.4 Å². The highest BCUT2D eigenvalue weighted by Crippen LogP contribution is 2.32. The number of fused-ring (bicyclic) bond motifs is 1. The zero-order valence-electron chi connectivity index (χ0n) is 19.0. The van der Waals surface area contributed by atoms with Crippen LogP contribution in [-0.4, -0.2) is 58.5 Å². The monoisotopic (exact) mass is 444 g/mol. The second-order valence-electron chi connectivity index (χ2n) is 8.45. The molecular formula is C26H28N4O3. The summed E-state index contributed by atoms with van der Waals surface area (Å²) in [7, 11) is 0. The van der Waals surface area contributed by atoms with Gasteiger partial charge in [0.2, 0.25) is 12.7 Å². The van der Waals surface area contributed by atoms with Crippen molar-refractivity contribution in [3.8, 4) is 17.2 Å². The van der Waals surface area contributed by atoms with Crippen molar-refractivity contribution in [1.82, 2.24) is 19.6 Å². The van der Waals surface area contributed by atoms with E-state index in [4.69, 9.17) is 9.47 Å². The van der Waals surface area contributed by atoms with Crippen molar-refractivity contribution in [2.24, 2.45) is 0 Å². The van der Waals surface area contributed by atoms with Crippen molar-refractivity contribution < 1.29 is 14.3 Å². The quantitative estimate of drug-likeness (QED) is 0.563. The Morgan fingerprint density at radius 2 is 1.76 bits per heavy atom. The second kappa shape index (κ2) is 9.11. The van der Waals surface area contributed by atoms with Crippen LogP contribution in [0.25, 0.3) is 11.8 Å². The molecule has 3 heterocycles. The summed E-state index contributed by atoms with van der Waals surface area (Å²) in [6.07, 6.45) is 3.58. The summed E-state index contributed by atoms with van der Waals surface area (Å²) in [5.41, 5.74) is 5.14. The number of carbonyl (C=O) groups excluding carboxylic acids is 1. The smallest absolute Gasteiger partial charge is 0.246 e. The molecular weight excluding hydrogens is 416 g/mol. The summed E-state index contributed by atoms with van der Waals surface area (Å²) in [6, 6.07) is 16.1. The van der Waals surface area contributed by atoms with Crippen LogP contribution in [0.2, 0.25) is 0 Å². The van der Waals surface area contributed by atoms with Crippen LogP contribution in [0.3, 0.4) is 0 Å². The van der Waals surface area contributed by atoms with E-state index in [1.165, 1.54) is 5.56 Å². The molecule has 5 rings (SSSR count). The maximum Gasteiger partial charge on any atom is 0.246 e. The number of amides is 1. The number of carbonyl (C=O) groups is 1. The van der Waals surface area contributed by atoms with E-state index in [9.17, 15) is 4.79 Å². The minimum Gasteiger partial charge on any atom is -0.454 e. The molecule has 170 valence electrons. The van der Waals surface area contributed by atoms with Crippen molar-refractivity contribution >= 4 is 12.0 Å². The van der Waals surface area contributed by atoms with Gasteiger partial charge in [-0.3, -0.25) is 9.69 Å². The van der Waals surface area contributed by atoms with Gasteiger partial charge in [-0.1, -0.05) is 24.3 Å². The third kappa shape index (κ3) is 4.50. The first-order valence-electron chi connectivity index (χ1n) is 11.3. The van der Waals surface area contributed by atoms with Gasteiger partial charge in [-0.15, -0.1) is 0 Å². The molecule has 7 nitrogen and oxygen atoms in total. The van der Waals surface area contributed by atoms with E-state index in [1.807, 2.05) is 72.0 Å². The first-order valence-corrected chi connectivity index (χ1v) is 11.3. The summed E-state index contributed by atoms with van der Waals surface area (Å²) < 4.78 is 12.8. The predicted molar refractivity (Wildman–Crippen MR) is 126 cm³/mol. The molecule has 0 aliphatic carbocycles. The van der Waals surface area contributed by atoms with Gasteiger partial charge >= 0.3 is 0 Å². The van der Waals surface area contributed by atoms with Crippen LogP contribution >= 0.6 is 0 Å². The van der Waals surface area contributed by atoms with E-state index in [-0.39, 0.29) is 5.91 Å².